The molecule has 0 aliphatic rings. The molecule has 25 heavy (non-hydrogen) atoms. The Kier molecular flexibility index (Phi) is 5.33. The molecule has 0 atom stereocenters. The van der Waals surface area contributed by atoms with E-state index in [0.29, 0.717) is 17.2 Å². The third-order valence-corrected chi connectivity index (χ3v) is 3.68. The Morgan fingerprint density at radius 3 is 2.88 bits per heavy atom. The van der Waals surface area contributed by atoms with Gasteiger partial charge in [-0.3, -0.25) is 5.32 Å². The van der Waals surface area contributed by atoms with Gasteiger partial charge in [0.15, 0.2) is 11.5 Å². The number of anilines is 1. The monoisotopic (exact) mass is 463 g/mol. The van der Waals surface area contributed by atoms with Crippen LogP contribution in [0.15, 0.2) is 41.3 Å². The summed E-state index contributed by atoms with van der Waals surface area (Å²) < 4.78 is 5.55. The highest BCUT2D eigenvalue weighted by Gasteiger charge is 2.22. The molecule has 0 saturated carbocycles. The zero-order chi connectivity index (χ0) is 18.0. The number of fused-ring (bicyclic) bond motifs is 1. The zero-order valence-electron chi connectivity index (χ0n) is 12.3. The molecule has 0 bridgehead atoms. The second-order valence-electron chi connectivity index (χ2n) is 4.86. The van der Waals surface area contributed by atoms with E-state index in [0.717, 1.165) is 9.86 Å². The Morgan fingerprint density at radius 1 is 1.32 bits per heavy atom. The Morgan fingerprint density at radius 2 is 2.12 bits per heavy atom. The van der Waals surface area contributed by atoms with Gasteiger partial charge in [-0.05, 0) is 28.1 Å². The second kappa shape index (κ2) is 7.33. The number of hydrogen-bond acceptors (Lipinski definition) is 5. The third kappa shape index (κ3) is 4.94. The SMILES string of the molecule is O=C(Nc1ccnc(-n2cc3cc(Br)cnc3n2)c1)OCC(Cl)(Cl)Cl. The third-order valence-electron chi connectivity index (χ3n) is 2.92. The van der Waals surface area contributed by atoms with Crippen molar-refractivity contribution in [1.82, 2.24) is 19.7 Å². The summed E-state index contributed by atoms with van der Waals surface area (Å²) in [6.45, 7) is -0.369. The molecule has 11 heteroatoms. The van der Waals surface area contributed by atoms with E-state index in [9.17, 15) is 4.79 Å². The maximum atomic E-state index is 11.7. The molecule has 0 aromatic carbocycles. The molecule has 0 aliphatic heterocycles. The van der Waals surface area contributed by atoms with Crippen molar-refractivity contribution in [2.24, 2.45) is 0 Å². The van der Waals surface area contributed by atoms with Crippen molar-refractivity contribution in [2.45, 2.75) is 3.79 Å². The van der Waals surface area contributed by atoms with Gasteiger partial charge in [0.25, 0.3) is 0 Å². The number of nitrogens with zero attached hydrogens (tertiary/aromatic N) is 4. The second-order valence-corrected chi connectivity index (χ2v) is 8.29. The van der Waals surface area contributed by atoms with Crippen LogP contribution in [0.1, 0.15) is 0 Å². The number of pyridine rings is 2. The van der Waals surface area contributed by atoms with Crippen LogP contribution >= 0.6 is 50.7 Å². The standard InChI is InChI=1S/C14H9BrCl3N5O2/c15-9-3-8-6-23(22-12(8)20-5-9)11-4-10(1-2-19-11)21-13(24)25-7-14(16,17)18/h1-6H,7H2,(H,19,21,24). The fraction of sp³-hybridized carbons (Fsp3) is 0.143. The maximum absolute atomic E-state index is 11.7. The quantitative estimate of drug-likeness (QED) is 0.576. The minimum atomic E-state index is -1.67. The number of nitrogens with one attached hydrogen (secondary N) is 1. The number of ether oxygens (including phenoxy) is 1. The van der Waals surface area contributed by atoms with Crippen molar-refractivity contribution in [3.8, 4) is 5.82 Å². The smallest absolute Gasteiger partial charge is 0.411 e. The van der Waals surface area contributed by atoms with Gasteiger partial charge in [-0.1, -0.05) is 34.8 Å². The van der Waals surface area contributed by atoms with E-state index >= 15 is 0 Å². The summed E-state index contributed by atoms with van der Waals surface area (Å²) in [4.78, 5) is 20.2. The van der Waals surface area contributed by atoms with E-state index < -0.39 is 9.89 Å². The number of carbonyl (C=O) groups excluding carboxylic acids is 1. The minimum absolute atomic E-state index is 0.369. The lowest BCUT2D eigenvalue weighted by atomic mass is 10.3. The molecule has 3 aromatic heterocycles. The lowest BCUT2D eigenvalue weighted by Crippen LogP contribution is -2.21. The highest BCUT2D eigenvalue weighted by atomic mass is 79.9. The van der Waals surface area contributed by atoms with Gasteiger partial charge in [0.1, 0.15) is 6.61 Å². The van der Waals surface area contributed by atoms with Crippen LogP contribution < -0.4 is 5.32 Å². The van der Waals surface area contributed by atoms with Gasteiger partial charge in [0.2, 0.25) is 3.79 Å². The lowest BCUT2D eigenvalue weighted by Gasteiger charge is -2.12. The number of carbonyl (C=O) groups is 1. The summed E-state index contributed by atoms with van der Waals surface area (Å²) >= 11 is 20.0. The molecular formula is C14H9BrCl3N5O2. The first-order valence-electron chi connectivity index (χ1n) is 6.78. The summed E-state index contributed by atoms with van der Waals surface area (Å²) in [6.07, 6.45) is 4.21. The molecule has 3 heterocycles. The van der Waals surface area contributed by atoms with E-state index in [4.69, 9.17) is 39.5 Å². The van der Waals surface area contributed by atoms with Crippen molar-refractivity contribution in [1.29, 1.82) is 0 Å². The average molecular weight is 466 g/mol. The van der Waals surface area contributed by atoms with Crippen LogP contribution in [0.2, 0.25) is 0 Å². The van der Waals surface area contributed by atoms with E-state index in [-0.39, 0.29) is 6.61 Å². The molecule has 0 aliphatic carbocycles. The van der Waals surface area contributed by atoms with Crippen LogP contribution in [0, 0.1) is 0 Å². The van der Waals surface area contributed by atoms with Crippen LogP contribution in [0.25, 0.3) is 16.9 Å². The molecule has 0 radical (unpaired) electrons. The molecule has 1 N–H and O–H groups in total. The molecule has 130 valence electrons. The van der Waals surface area contributed by atoms with Crippen LogP contribution in [0.4, 0.5) is 10.5 Å². The summed E-state index contributed by atoms with van der Waals surface area (Å²) in [6, 6.07) is 5.11. The molecule has 0 saturated heterocycles. The largest absolute Gasteiger partial charge is 0.445 e. The summed E-state index contributed by atoms with van der Waals surface area (Å²) in [5.41, 5.74) is 1.03. The first-order valence-corrected chi connectivity index (χ1v) is 8.71. The molecule has 0 unspecified atom stereocenters. The first-order chi connectivity index (χ1) is 11.8. The maximum Gasteiger partial charge on any atom is 0.411 e. The highest BCUT2D eigenvalue weighted by Crippen LogP contribution is 2.26. The Balaban J connectivity index is 1.77. The lowest BCUT2D eigenvalue weighted by molar-refractivity contribution is 0.164. The summed E-state index contributed by atoms with van der Waals surface area (Å²) in [5.74, 6) is 0.494. The molecule has 1 amide bonds. The zero-order valence-corrected chi connectivity index (χ0v) is 16.1. The number of halogens is 4. The molecular weight excluding hydrogens is 456 g/mol. The molecule has 0 spiro atoms. The number of amides is 1. The summed E-state index contributed by atoms with van der Waals surface area (Å²) in [5, 5.41) is 7.71. The van der Waals surface area contributed by atoms with Crippen LogP contribution in [0.3, 0.4) is 0 Å². The predicted molar refractivity (Wildman–Crippen MR) is 99.6 cm³/mol. The van der Waals surface area contributed by atoms with Gasteiger partial charge in [-0.25, -0.2) is 19.4 Å². The minimum Gasteiger partial charge on any atom is -0.445 e. The Labute approximate surface area is 165 Å². The van der Waals surface area contributed by atoms with Gasteiger partial charge in [-0.2, -0.15) is 0 Å². The van der Waals surface area contributed by atoms with Crippen LogP contribution in [0.5, 0.6) is 0 Å². The van der Waals surface area contributed by atoms with E-state index in [2.05, 4.69) is 36.3 Å². The van der Waals surface area contributed by atoms with Gasteiger partial charge >= 0.3 is 6.09 Å². The van der Waals surface area contributed by atoms with Gasteiger partial charge in [-0.15, -0.1) is 5.10 Å². The topological polar surface area (TPSA) is 81.9 Å². The number of alkyl halides is 3. The summed E-state index contributed by atoms with van der Waals surface area (Å²) in [7, 11) is 0. The Hall–Kier alpha value is -1.61. The fourth-order valence-corrected chi connectivity index (χ4v) is 2.44. The highest BCUT2D eigenvalue weighted by molar-refractivity contribution is 9.10. The fourth-order valence-electron chi connectivity index (χ4n) is 1.93. The van der Waals surface area contributed by atoms with Gasteiger partial charge < -0.3 is 4.74 Å². The Bertz CT molecular complexity index is 928. The first kappa shape index (κ1) is 18.2. The van der Waals surface area contributed by atoms with E-state index in [1.54, 1.807) is 29.2 Å². The predicted octanol–water partition coefficient (Wildman–Crippen LogP) is 4.50. The number of hydrogen-bond donors (Lipinski definition) is 1. The number of rotatable bonds is 3. The normalized spacial score (nSPS) is 11.5. The van der Waals surface area contributed by atoms with Crippen molar-refractivity contribution in [3.05, 3.63) is 41.3 Å². The average Bonchev–Trinajstić information content (AvgIpc) is 2.96. The molecule has 3 aromatic rings. The molecule has 7 nitrogen and oxygen atoms in total. The van der Waals surface area contributed by atoms with Crippen LogP contribution in [-0.4, -0.2) is 36.2 Å². The van der Waals surface area contributed by atoms with E-state index in [1.165, 1.54) is 6.20 Å². The van der Waals surface area contributed by atoms with Crippen LogP contribution in [-0.2, 0) is 4.74 Å². The van der Waals surface area contributed by atoms with Crippen molar-refractivity contribution >= 4 is 73.5 Å². The van der Waals surface area contributed by atoms with Crippen molar-refractivity contribution < 1.29 is 9.53 Å². The van der Waals surface area contributed by atoms with Crippen molar-refractivity contribution in [3.63, 3.8) is 0 Å². The van der Waals surface area contributed by atoms with E-state index in [1.807, 2.05) is 6.07 Å². The molecule has 3 rings (SSSR count). The number of aromatic nitrogens is 4. The van der Waals surface area contributed by atoms with Crippen molar-refractivity contribution in [2.75, 3.05) is 11.9 Å². The van der Waals surface area contributed by atoms with Gasteiger partial charge in [0, 0.05) is 40.2 Å². The van der Waals surface area contributed by atoms with Gasteiger partial charge in [0.05, 0.1) is 0 Å². The molecule has 0 fully saturated rings.